The first-order valence-electron chi connectivity index (χ1n) is 9.06. The molecule has 0 atom stereocenters. The summed E-state index contributed by atoms with van der Waals surface area (Å²) in [6, 6.07) is 17.1. The number of rotatable bonds is 8. The molecule has 5 nitrogen and oxygen atoms in total. The van der Waals surface area contributed by atoms with Crippen LogP contribution in [0.5, 0.6) is 0 Å². The second-order valence-electron chi connectivity index (χ2n) is 7.02. The molecule has 0 saturated carbocycles. The molecule has 0 spiro atoms. The number of hydrogen-bond acceptors (Lipinski definition) is 3. The third-order valence-electron chi connectivity index (χ3n) is 4.39. The monoisotopic (exact) mass is 388 g/mol. The number of carbonyl (C=O) groups is 1. The van der Waals surface area contributed by atoms with Crippen LogP contribution in [-0.4, -0.2) is 38.1 Å². The lowest BCUT2D eigenvalue weighted by Gasteiger charge is -2.29. The van der Waals surface area contributed by atoms with E-state index in [1.165, 1.54) is 10.6 Å². The summed E-state index contributed by atoms with van der Waals surface area (Å²) in [5.41, 5.74) is 2.69. The van der Waals surface area contributed by atoms with Gasteiger partial charge in [-0.3, -0.25) is 9.10 Å². The van der Waals surface area contributed by atoms with E-state index in [9.17, 15) is 13.2 Å². The smallest absolute Gasteiger partial charge is 0.232 e. The Balaban J connectivity index is 2.12. The Bertz CT molecular complexity index is 847. The number of aryl methyl sites for hydroxylation is 1. The number of nitrogens with zero attached hydrogens (tertiary/aromatic N) is 2. The molecule has 0 unspecified atom stereocenters. The van der Waals surface area contributed by atoms with E-state index in [-0.39, 0.29) is 24.9 Å². The van der Waals surface area contributed by atoms with E-state index in [1.807, 2.05) is 63.2 Å². The van der Waals surface area contributed by atoms with Crippen LogP contribution >= 0.6 is 0 Å². The predicted molar refractivity (Wildman–Crippen MR) is 110 cm³/mol. The Labute approximate surface area is 162 Å². The largest absolute Gasteiger partial charge is 0.336 e. The Morgan fingerprint density at radius 1 is 1.00 bits per heavy atom. The van der Waals surface area contributed by atoms with Crippen molar-refractivity contribution in [1.29, 1.82) is 0 Å². The highest BCUT2D eigenvalue weighted by molar-refractivity contribution is 7.92. The first-order valence-corrected chi connectivity index (χ1v) is 10.9. The molecular weight excluding hydrogens is 360 g/mol. The van der Waals surface area contributed by atoms with Gasteiger partial charge in [-0.25, -0.2) is 8.42 Å². The molecule has 0 saturated heterocycles. The second kappa shape index (κ2) is 9.04. The van der Waals surface area contributed by atoms with Crippen molar-refractivity contribution in [1.82, 2.24) is 4.90 Å². The van der Waals surface area contributed by atoms with Crippen LogP contribution in [0.1, 0.15) is 31.4 Å². The maximum atomic E-state index is 12.8. The molecule has 0 radical (unpaired) electrons. The van der Waals surface area contributed by atoms with Gasteiger partial charge in [-0.15, -0.1) is 0 Å². The molecular formula is C21H28N2O3S. The SMILES string of the molecule is Cc1ccc(N(CCC(=O)N(Cc2ccccc2)C(C)C)S(C)(=O)=O)cc1. The first-order chi connectivity index (χ1) is 12.7. The quantitative estimate of drug-likeness (QED) is 0.694. The van der Waals surface area contributed by atoms with Crippen molar-refractivity contribution in [2.45, 2.75) is 39.8 Å². The normalized spacial score (nSPS) is 11.4. The van der Waals surface area contributed by atoms with Crippen LogP contribution in [0.2, 0.25) is 0 Å². The van der Waals surface area contributed by atoms with Crippen LogP contribution in [0.25, 0.3) is 0 Å². The average molecular weight is 389 g/mol. The van der Waals surface area contributed by atoms with E-state index in [4.69, 9.17) is 0 Å². The third kappa shape index (κ3) is 6.10. The standard InChI is InChI=1S/C21H28N2O3S/c1-17(2)22(16-19-8-6-5-7-9-19)21(24)14-15-23(27(4,25)26)20-12-10-18(3)11-13-20/h5-13,17H,14-16H2,1-4H3. The molecule has 146 valence electrons. The summed E-state index contributed by atoms with van der Waals surface area (Å²) in [6.07, 6.45) is 1.30. The molecule has 0 aromatic heterocycles. The van der Waals surface area contributed by atoms with Gasteiger partial charge in [0.1, 0.15) is 0 Å². The van der Waals surface area contributed by atoms with E-state index in [0.717, 1.165) is 11.1 Å². The van der Waals surface area contributed by atoms with Gasteiger partial charge in [-0.05, 0) is 38.5 Å². The van der Waals surface area contributed by atoms with E-state index in [0.29, 0.717) is 12.2 Å². The summed E-state index contributed by atoms with van der Waals surface area (Å²) in [5, 5.41) is 0. The fraction of sp³-hybridized carbons (Fsp3) is 0.381. The summed E-state index contributed by atoms with van der Waals surface area (Å²) in [4.78, 5) is 14.6. The van der Waals surface area contributed by atoms with Crippen LogP contribution < -0.4 is 4.31 Å². The number of hydrogen-bond donors (Lipinski definition) is 0. The van der Waals surface area contributed by atoms with Gasteiger partial charge in [0.25, 0.3) is 0 Å². The van der Waals surface area contributed by atoms with Gasteiger partial charge in [0, 0.05) is 25.6 Å². The van der Waals surface area contributed by atoms with Crippen LogP contribution in [-0.2, 0) is 21.4 Å². The molecule has 0 bridgehead atoms. The highest BCUT2D eigenvalue weighted by atomic mass is 32.2. The zero-order valence-corrected chi connectivity index (χ0v) is 17.2. The van der Waals surface area contributed by atoms with Gasteiger partial charge < -0.3 is 4.90 Å². The second-order valence-corrected chi connectivity index (χ2v) is 8.93. The zero-order chi connectivity index (χ0) is 20.0. The van der Waals surface area contributed by atoms with Crippen LogP contribution in [0.3, 0.4) is 0 Å². The highest BCUT2D eigenvalue weighted by Crippen LogP contribution is 2.19. The Hall–Kier alpha value is -2.34. The van der Waals surface area contributed by atoms with Crippen LogP contribution in [0.4, 0.5) is 5.69 Å². The molecule has 0 fully saturated rings. The average Bonchev–Trinajstić information content (AvgIpc) is 2.60. The fourth-order valence-electron chi connectivity index (χ4n) is 2.88. The van der Waals surface area contributed by atoms with Crippen molar-refractivity contribution in [3.05, 3.63) is 65.7 Å². The molecule has 2 aromatic carbocycles. The molecule has 0 heterocycles. The number of anilines is 1. The van der Waals surface area contributed by atoms with E-state index >= 15 is 0 Å². The Morgan fingerprint density at radius 2 is 1.59 bits per heavy atom. The fourth-order valence-corrected chi connectivity index (χ4v) is 3.80. The van der Waals surface area contributed by atoms with Gasteiger partial charge in [0.15, 0.2) is 0 Å². The lowest BCUT2D eigenvalue weighted by Crippen LogP contribution is -2.39. The van der Waals surface area contributed by atoms with Crippen molar-refractivity contribution in [3.8, 4) is 0 Å². The van der Waals surface area contributed by atoms with Gasteiger partial charge in [0.05, 0.1) is 11.9 Å². The zero-order valence-electron chi connectivity index (χ0n) is 16.4. The van der Waals surface area contributed by atoms with Crippen molar-refractivity contribution < 1.29 is 13.2 Å². The third-order valence-corrected chi connectivity index (χ3v) is 5.58. The topological polar surface area (TPSA) is 57.7 Å². The van der Waals surface area contributed by atoms with Gasteiger partial charge in [-0.1, -0.05) is 48.0 Å². The molecule has 1 amide bonds. The molecule has 6 heteroatoms. The Kier molecular flexibility index (Phi) is 7.02. The van der Waals surface area contributed by atoms with Crippen molar-refractivity contribution >= 4 is 21.6 Å². The molecule has 0 aliphatic heterocycles. The van der Waals surface area contributed by atoms with E-state index < -0.39 is 10.0 Å². The predicted octanol–water partition coefficient (Wildman–Crippen LogP) is 3.59. The first kappa shape index (κ1) is 21.0. The van der Waals surface area contributed by atoms with Gasteiger partial charge in [0.2, 0.25) is 15.9 Å². The van der Waals surface area contributed by atoms with Crippen molar-refractivity contribution in [2.24, 2.45) is 0 Å². The lowest BCUT2D eigenvalue weighted by molar-refractivity contribution is -0.133. The number of amides is 1. The van der Waals surface area contributed by atoms with Crippen molar-refractivity contribution in [3.63, 3.8) is 0 Å². The number of benzene rings is 2. The lowest BCUT2D eigenvalue weighted by atomic mass is 10.1. The molecule has 27 heavy (non-hydrogen) atoms. The Morgan fingerprint density at radius 3 is 2.11 bits per heavy atom. The minimum Gasteiger partial charge on any atom is -0.336 e. The maximum absolute atomic E-state index is 12.8. The molecule has 0 aliphatic carbocycles. The maximum Gasteiger partial charge on any atom is 0.232 e. The van der Waals surface area contributed by atoms with E-state index in [2.05, 4.69) is 0 Å². The number of sulfonamides is 1. The molecule has 0 aliphatic rings. The van der Waals surface area contributed by atoms with Crippen LogP contribution in [0.15, 0.2) is 54.6 Å². The summed E-state index contributed by atoms with van der Waals surface area (Å²) in [5.74, 6) is -0.0605. The van der Waals surface area contributed by atoms with Crippen LogP contribution in [0, 0.1) is 6.92 Å². The minimum atomic E-state index is -3.47. The molecule has 0 N–H and O–H groups in total. The van der Waals surface area contributed by atoms with Gasteiger partial charge in [-0.2, -0.15) is 0 Å². The van der Waals surface area contributed by atoms with E-state index in [1.54, 1.807) is 17.0 Å². The summed E-state index contributed by atoms with van der Waals surface area (Å²) < 4.78 is 25.7. The molecule has 2 rings (SSSR count). The van der Waals surface area contributed by atoms with Crippen molar-refractivity contribution in [2.75, 3.05) is 17.1 Å². The molecule has 2 aromatic rings. The summed E-state index contributed by atoms with van der Waals surface area (Å²) in [7, 11) is -3.47. The van der Waals surface area contributed by atoms with Gasteiger partial charge >= 0.3 is 0 Å². The summed E-state index contributed by atoms with van der Waals surface area (Å²) >= 11 is 0. The number of carbonyl (C=O) groups excluding carboxylic acids is 1. The highest BCUT2D eigenvalue weighted by Gasteiger charge is 2.22. The minimum absolute atomic E-state index is 0.0313. The summed E-state index contributed by atoms with van der Waals surface area (Å²) in [6.45, 7) is 6.52.